The summed E-state index contributed by atoms with van der Waals surface area (Å²) in [6.45, 7) is -0.181. The number of nitrogens with one attached hydrogen (secondary N) is 2. The Morgan fingerprint density at radius 1 is 1.04 bits per heavy atom. The molecule has 0 aliphatic carbocycles. The fourth-order valence-electron chi connectivity index (χ4n) is 2.15. The standard InChI is InChI=1S/C18H13Cl2N3O2S/c19-12-7-5-11(6-8-12)15-10-26-18(22-15)23-16(24)9-21-17(25)13-3-1-2-4-14(13)20/h1-8,10H,9H2,(H,21,25)(H,22,23,24). The highest BCUT2D eigenvalue weighted by Gasteiger charge is 2.12. The number of halogens is 2. The molecule has 8 heteroatoms. The van der Waals surface area contributed by atoms with Crippen molar-refractivity contribution in [2.24, 2.45) is 0 Å². The molecule has 0 bridgehead atoms. The van der Waals surface area contributed by atoms with Gasteiger partial charge < -0.3 is 10.6 Å². The molecule has 2 aromatic carbocycles. The summed E-state index contributed by atoms with van der Waals surface area (Å²) in [4.78, 5) is 28.4. The molecule has 0 spiro atoms. The van der Waals surface area contributed by atoms with E-state index in [-0.39, 0.29) is 12.5 Å². The van der Waals surface area contributed by atoms with E-state index in [0.29, 0.717) is 20.7 Å². The molecule has 0 atom stereocenters. The van der Waals surface area contributed by atoms with Crippen molar-refractivity contribution in [2.75, 3.05) is 11.9 Å². The van der Waals surface area contributed by atoms with Crippen LogP contribution in [0.1, 0.15) is 10.4 Å². The number of thiazole rings is 1. The zero-order chi connectivity index (χ0) is 18.5. The lowest BCUT2D eigenvalue weighted by Crippen LogP contribution is -2.32. The van der Waals surface area contributed by atoms with E-state index in [4.69, 9.17) is 23.2 Å². The highest BCUT2D eigenvalue weighted by Crippen LogP contribution is 2.25. The smallest absolute Gasteiger partial charge is 0.253 e. The average molecular weight is 406 g/mol. The number of rotatable bonds is 5. The molecule has 1 aromatic heterocycles. The molecule has 132 valence electrons. The highest BCUT2D eigenvalue weighted by molar-refractivity contribution is 7.14. The van der Waals surface area contributed by atoms with Gasteiger partial charge in [-0.3, -0.25) is 9.59 Å². The topological polar surface area (TPSA) is 71.1 Å². The predicted molar refractivity (Wildman–Crippen MR) is 105 cm³/mol. The quantitative estimate of drug-likeness (QED) is 0.656. The summed E-state index contributed by atoms with van der Waals surface area (Å²) in [5.41, 5.74) is 1.96. The zero-order valence-corrected chi connectivity index (χ0v) is 15.7. The molecular formula is C18H13Cl2N3O2S. The van der Waals surface area contributed by atoms with E-state index in [1.807, 2.05) is 17.5 Å². The van der Waals surface area contributed by atoms with Crippen LogP contribution in [0.3, 0.4) is 0 Å². The molecule has 0 saturated heterocycles. The number of hydrogen-bond acceptors (Lipinski definition) is 4. The first-order valence-electron chi connectivity index (χ1n) is 7.57. The summed E-state index contributed by atoms with van der Waals surface area (Å²) in [7, 11) is 0. The number of aromatic nitrogens is 1. The van der Waals surface area contributed by atoms with Gasteiger partial charge in [0.2, 0.25) is 5.91 Å². The molecule has 2 amide bonds. The number of benzene rings is 2. The molecule has 3 rings (SSSR count). The molecule has 0 saturated carbocycles. The first kappa shape index (κ1) is 18.4. The van der Waals surface area contributed by atoms with Crippen molar-refractivity contribution in [3.8, 4) is 11.3 Å². The van der Waals surface area contributed by atoms with Gasteiger partial charge in [-0.05, 0) is 24.3 Å². The summed E-state index contributed by atoms with van der Waals surface area (Å²) in [6, 6.07) is 13.9. The van der Waals surface area contributed by atoms with Gasteiger partial charge in [-0.15, -0.1) is 11.3 Å². The van der Waals surface area contributed by atoms with E-state index < -0.39 is 5.91 Å². The van der Waals surface area contributed by atoms with Gasteiger partial charge in [-0.25, -0.2) is 4.98 Å². The van der Waals surface area contributed by atoms with E-state index in [2.05, 4.69) is 15.6 Å². The van der Waals surface area contributed by atoms with Gasteiger partial charge in [0.05, 0.1) is 22.8 Å². The van der Waals surface area contributed by atoms with E-state index >= 15 is 0 Å². The van der Waals surface area contributed by atoms with Crippen molar-refractivity contribution in [1.82, 2.24) is 10.3 Å². The SMILES string of the molecule is O=C(CNC(=O)c1ccccc1Cl)Nc1nc(-c2ccc(Cl)cc2)cs1. The lowest BCUT2D eigenvalue weighted by Gasteiger charge is -2.06. The Kier molecular flexibility index (Phi) is 5.88. The molecule has 0 fully saturated rings. The van der Waals surface area contributed by atoms with Crippen LogP contribution in [0.25, 0.3) is 11.3 Å². The maximum Gasteiger partial charge on any atom is 0.253 e. The minimum absolute atomic E-state index is 0.181. The Bertz CT molecular complexity index is 942. The van der Waals surface area contributed by atoms with Crippen molar-refractivity contribution in [2.45, 2.75) is 0 Å². The third-order valence-corrected chi connectivity index (χ3v) is 4.76. The Labute approximate surface area is 164 Å². The number of amides is 2. The number of anilines is 1. The second-order valence-electron chi connectivity index (χ2n) is 5.26. The van der Waals surface area contributed by atoms with Crippen molar-refractivity contribution in [3.63, 3.8) is 0 Å². The third-order valence-electron chi connectivity index (χ3n) is 3.42. The predicted octanol–water partition coefficient (Wildman–Crippen LogP) is 4.49. The van der Waals surface area contributed by atoms with Gasteiger partial charge in [-0.1, -0.05) is 47.5 Å². The van der Waals surface area contributed by atoms with Crippen LogP contribution in [0, 0.1) is 0 Å². The minimum atomic E-state index is -0.410. The normalized spacial score (nSPS) is 10.4. The fraction of sp³-hybridized carbons (Fsp3) is 0.0556. The van der Waals surface area contributed by atoms with Gasteiger partial charge in [-0.2, -0.15) is 0 Å². The summed E-state index contributed by atoms with van der Waals surface area (Å²) >= 11 is 13.1. The second kappa shape index (κ2) is 8.31. The lowest BCUT2D eigenvalue weighted by molar-refractivity contribution is -0.115. The molecule has 3 aromatic rings. The van der Waals surface area contributed by atoms with Crippen LogP contribution in [0.5, 0.6) is 0 Å². The Morgan fingerprint density at radius 3 is 2.50 bits per heavy atom. The largest absolute Gasteiger partial charge is 0.343 e. The first-order chi connectivity index (χ1) is 12.5. The molecule has 2 N–H and O–H groups in total. The zero-order valence-electron chi connectivity index (χ0n) is 13.3. The van der Waals surface area contributed by atoms with Crippen LogP contribution in [0.4, 0.5) is 5.13 Å². The van der Waals surface area contributed by atoms with Gasteiger partial charge in [0.1, 0.15) is 0 Å². The molecule has 5 nitrogen and oxygen atoms in total. The lowest BCUT2D eigenvalue weighted by atomic mass is 10.2. The van der Waals surface area contributed by atoms with E-state index in [0.717, 1.165) is 11.3 Å². The molecule has 26 heavy (non-hydrogen) atoms. The summed E-state index contributed by atoms with van der Waals surface area (Å²) in [5, 5.41) is 8.45. The number of carbonyl (C=O) groups excluding carboxylic acids is 2. The average Bonchev–Trinajstić information content (AvgIpc) is 3.09. The maximum absolute atomic E-state index is 12.0. The summed E-state index contributed by atoms with van der Waals surface area (Å²) in [6.07, 6.45) is 0. The summed E-state index contributed by atoms with van der Waals surface area (Å²) < 4.78 is 0. The molecule has 1 heterocycles. The highest BCUT2D eigenvalue weighted by atomic mass is 35.5. The van der Waals surface area contributed by atoms with Crippen LogP contribution >= 0.6 is 34.5 Å². The van der Waals surface area contributed by atoms with Crippen molar-refractivity contribution in [1.29, 1.82) is 0 Å². The molecule has 0 unspecified atom stereocenters. The van der Waals surface area contributed by atoms with Crippen LogP contribution in [-0.2, 0) is 4.79 Å². The Hall–Kier alpha value is -2.41. The molecule has 0 aliphatic heterocycles. The van der Waals surface area contributed by atoms with Gasteiger partial charge in [0, 0.05) is 16.0 Å². The molecule has 0 radical (unpaired) electrons. The minimum Gasteiger partial charge on any atom is -0.343 e. The van der Waals surface area contributed by atoms with E-state index in [9.17, 15) is 9.59 Å². The van der Waals surface area contributed by atoms with E-state index in [1.165, 1.54) is 11.3 Å². The molecule has 0 aliphatic rings. The van der Waals surface area contributed by atoms with Gasteiger partial charge in [0.25, 0.3) is 5.91 Å². The van der Waals surface area contributed by atoms with Crippen molar-refractivity contribution >= 4 is 51.5 Å². The molecular weight excluding hydrogens is 393 g/mol. The number of carbonyl (C=O) groups is 2. The number of hydrogen-bond donors (Lipinski definition) is 2. The van der Waals surface area contributed by atoms with E-state index in [1.54, 1.807) is 36.4 Å². The second-order valence-corrected chi connectivity index (χ2v) is 6.96. The fourth-order valence-corrected chi connectivity index (χ4v) is 3.23. The van der Waals surface area contributed by atoms with Crippen LogP contribution < -0.4 is 10.6 Å². The van der Waals surface area contributed by atoms with Crippen molar-refractivity contribution in [3.05, 3.63) is 69.5 Å². The monoisotopic (exact) mass is 405 g/mol. The van der Waals surface area contributed by atoms with Crippen LogP contribution in [0.15, 0.2) is 53.9 Å². The maximum atomic E-state index is 12.0. The van der Waals surface area contributed by atoms with Crippen molar-refractivity contribution < 1.29 is 9.59 Å². The third kappa shape index (κ3) is 4.60. The van der Waals surface area contributed by atoms with Crippen LogP contribution in [-0.4, -0.2) is 23.3 Å². The van der Waals surface area contributed by atoms with Gasteiger partial charge >= 0.3 is 0 Å². The first-order valence-corrected chi connectivity index (χ1v) is 9.20. The van der Waals surface area contributed by atoms with Gasteiger partial charge in [0.15, 0.2) is 5.13 Å². The summed E-state index contributed by atoms with van der Waals surface area (Å²) in [5.74, 6) is -0.783. The van der Waals surface area contributed by atoms with Crippen LogP contribution in [0.2, 0.25) is 10.0 Å². The number of nitrogens with zero attached hydrogens (tertiary/aromatic N) is 1. The Balaban J connectivity index is 1.56. The Morgan fingerprint density at radius 2 is 1.77 bits per heavy atom.